The molecule has 11 heteroatoms. The molecule has 0 aliphatic heterocycles. The van der Waals surface area contributed by atoms with Crippen molar-refractivity contribution in [3.63, 3.8) is 0 Å². The van der Waals surface area contributed by atoms with Crippen molar-refractivity contribution < 1.29 is 37.0 Å². The normalized spacial score (nSPS) is 11.0. The van der Waals surface area contributed by atoms with Gasteiger partial charge in [-0.2, -0.15) is 0 Å². The van der Waals surface area contributed by atoms with Crippen LogP contribution < -0.4 is 14.8 Å². The smallest absolute Gasteiger partial charge is 0.497 e. The molecule has 0 atom stereocenters. The average Bonchev–Trinajstić information content (AvgIpc) is 3.26. The fourth-order valence-electron chi connectivity index (χ4n) is 2.56. The highest BCUT2D eigenvalue weighted by Gasteiger charge is 2.32. The average molecular weight is 466 g/mol. The molecule has 0 saturated carbocycles. The molecule has 0 bridgehead atoms. The van der Waals surface area contributed by atoms with Crippen LogP contribution in [0.1, 0.15) is 16.1 Å². The zero-order chi connectivity index (χ0) is 23.1. The highest BCUT2D eigenvalue weighted by molar-refractivity contribution is 7.13. The zero-order valence-corrected chi connectivity index (χ0v) is 17.5. The molecule has 1 aromatic heterocycles. The summed E-state index contributed by atoms with van der Waals surface area (Å²) in [7, 11) is 1.55. The van der Waals surface area contributed by atoms with Gasteiger partial charge in [0.05, 0.1) is 7.11 Å². The number of nitrogens with one attached hydrogen (secondary N) is 1. The number of esters is 1. The largest absolute Gasteiger partial charge is 0.573 e. The van der Waals surface area contributed by atoms with Crippen LogP contribution in [0.2, 0.25) is 0 Å². The molecule has 0 aliphatic carbocycles. The van der Waals surface area contributed by atoms with Crippen LogP contribution in [0.4, 0.5) is 13.2 Å². The molecule has 1 heterocycles. The second-order valence-corrected chi connectivity index (χ2v) is 7.13. The number of amides is 1. The number of alkyl halides is 3. The Morgan fingerprint density at radius 2 is 1.81 bits per heavy atom. The summed E-state index contributed by atoms with van der Waals surface area (Å²) in [6.07, 6.45) is -4.85. The van der Waals surface area contributed by atoms with Gasteiger partial charge in [-0.25, -0.2) is 9.78 Å². The summed E-state index contributed by atoms with van der Waals surface area (Å²) in [6.45, 7) is -0.850. The lowest BCUT2D eigenvalue weighted by molar-refractivity contribution is -0.274. The Balaban J connectivity index is 1.51. The first-order valence-corrected chi connectivity index (χ1v) is 10.0. The van der Waals surface area contributed by atoms with Crippen LogP contribution in [-0.2, 0) is 16.1 Å². The Kier molecular flexibility index (Phi) is 7.31. The summed E-state index contributed by atoms with van der Waals surface area (Å²) >= 11 is 1.23. The van der Waals surface area contributed by atoms with Gasteiger partial charge in [-0.15, -0.1) is 24.5 Å². The second-order valence-electron chi connectivity index (χ2n) is 6.27. The van der Waals surface area contributed by atoms with Crippen LogP contribution in [0.15, 0.2) is 53.9 Å². The lowest BCUT2D eigenvalue weighted by Crippen LogP contribution is -2.29. The standard InChI is InChI=1S/C21H17F3N2O5S/c1-29-15-8-6-13(7-9-15)19-26-16(12-32-19)20(28)30-11-18(27)25-10-14-4-2-3-5-17(14)31-21(22,23)24/h2-9,12H,10-11H2,1H3,(H,25,27). The monoisotopic (exact) mass is 466 g/mol. The van der Waals surface area contributed by atoms with Crippen LogP contribution in [0.5, 0.6) is 11.5 Å². The number of nitrogens with zero attached hydrogens (tertiary/aromatic N) is 1. The van der Waals surface area contributed by atoms with Crippen molar-refractivity contribution in [2.24, 2.45) is 0 Å². The number of hydrogen-bond acceptors (Lipinski definition) is 7. The Bertz CT molecular complexity index is 1080. The van der Waals surface area contributed by atoms with Crippen molar-refractivity contribution in [3.8, 4) is 22.1 Å². The molecule has 3 aromatic rings. The second kappa shape index (κ2) is 10.1. The van der Waals surface area contributed by atoms with Crippen LogP contribution in [0.3, 0.4) is 0 Å². The summed E-state index contributed by atoms with van der Waals surface area (Å²) in [5, 5.41) is 4.47. The number of rotatable bonds is 8. The van der Waals surface area contributed by atoms with E-state index in [4.69, 9.17) is 9.47 Å². The van der Waals surface area contributed by atoms with Crippen LogP contribution in [-0.4, -0.2) is 36.9 Å². The number of carbonyl (C=O) groups is 2. The number of aromatic nitrogens is 1. The molecule has 1 amide bonds. The first kappa shape index (κ1) is 23.1. The van der Waals surface area contributed by atoms with E-state index in [1.807, 2.05) is 0 Å². The fraction of sp³-hybridized carbons (Fsp3) is 0.190. The Labute approximate surface area is 184 Å². The third-order valence-corrected chi connectivity index (χ3v) is 4.95. The summed E-state index contributed by atoms with van der Waals surface area (Å²) in [4.78, 5) is 28.3. The molecule has 0 saturated heterocycles. The molecule has 0 spiro atoms. The van der Waals surface area contributed by atoms with Gasteiger partial charge in [0.1, 0.15) is 16.5 Å². The molecule has 2 aromatic carbocycles. The summed E-state index contributed by atoms with van der Waals surface area (Å²) in [5.41, 5.74) is 0.943. The van der Waals surface area contributed by atoms with Gasteiger partial charge in [-0.05, 0) is 30.3 Å². The van der Waals surface area contributed by atoms with E-state index in [0.29, 0.717) is 10.8 Å². The maximum absolute atomic E-state index is 12.5. The van der Waals surface area contributed by atoms with E-state index in [1.165, 1.54) is 34.9 Å². The zero-order valence-electron chi connectivity index (χ0n) is 16.6. The van der Waals surface area contributed by atoms with Crippen molar-refractivity contribution >= 4 is 23.2 Å². The maximum atomic E-state index is 12.5. The number of ether oxygens (including phenoxy) is 3. The minimum atomic E-state index is -4.85. The lowest BCUT2D eigenvalue weighted by Gasteiger charge is -2.13. The van der Waals surface area contributed by atoms with Crippen molar-refractivity contribution in [2.45, 2.75) is 12.9 Å². The van der Waals surface area contributed by atoms with Gasteiger partial charge in [-0.3, -0.25) is 4.79 Å². The third-order valence-electron chi connectivity index (χ3n) is 4.06. The van der Waals surface area contributed by atoms with E-state index in [-0.39, 0.29) is 17.8 Å². The van der Waals surface area contributed by atoms with Gasteiger partial charge < -0.3 is 19.5 Å². The maximum Gasteiger partial charge on any atom is 0.573 e. The SMILES string of the molecule is COc1ccc(-c2nc(C(=O)OCC(=O)NCc3ccccc3OC(F)(F)F)cs2)cc1. The van der Waals surface area contributed by atoms with Gasteiger partial charge >= 0.3 is 12.3 Å². The van der Waals surface area contributed by atoms with Gasteiger partial charge in [-0.1, -0.05) is 18.2 Å². The minimum absolute atomic E-state index is 0.0394. The predicted molar refractivity (Wildman–Crippen MR) is 109 cm³/mol. The molecule has 3 rings (SSSR count). The number of carbonyl (C=O) groups excluding carboxylic acids is 2. The molecular formula is C21H17F3N2O5S. The molecular weight excluding hydrogens is 449 g/mol. The van der Waals surface area contributed by atoms with E-state index in [1.54, 1.807) is 31.4 Å². The number of hydrogen-bond donors (Lipinski definition) is 1. The Morgan fingerprint density at radius 3 is 2.50 bits per heavy atom. The van der Waals surface area contributed by atoms with Gasteiger partial charge in [0, 0.05) is 23.1 Å². The number of halogens is 3. The first-order valence-electron chi connectivity index (χ1n) is 9.12. The van der Waals surface area contributed by atoms with Gasteiger partial charge in [0.15, 0.2) is 12.3 Å². The number of methoxy groups -OCH3 is 1. The Hall–Kier alpha value is -3.60. The molecule has 7 nitrogen and oxygen atoms in total. The van der Waals surface area contributed by atoms with E-state index in [2.05, 4.69) is 15.0 Å². The molecule has 0 aliphatic rings. The Morgan fingerprint density at radius 1 is 1.09 bits per heavy atom. The molecule has 168 valence electrons. The van der Waals surface area contributed by atoms with E-state index in [9.17, 15) is 22.8 Å². The van der Waals surface area contributed by atoms with E-state index in [0.717, 1.165) is 11.6 Å². The molecule has 0 radical (unpaired) electrons. The van der Waals surface area contributed by atoms with Crippen molar-refractivity contribution in [3.05, 3.63) is 65.2 Å². The molecule has 0 unspecified atom stereocenters. The molecule has 1 N–H and O–H groups in total. The summed E-state index contributed by atoms with van der Waals surface area (Å²) < 4.78 is 51.3. The van der Waals surface area contributed by atoms with Gasteiger partial charge in [0.2, 0.25) is 0 Å². The molecule has 0 fully saturated rings. The number of para-hydroxylation sites is 1. The lowest BCUT2D eigenvalue weighted by atomic mass is 10.2. The summed E-state index contributed by atoms with van der Waals surface area (Å²) in [6, 6.07) is 12.5. The first-order chi connectivity index (χ1) is 15.2. The number of thiazole rings is 1. The molecule has 32 heavy (non-hydrogen) atoms. The minimum Gasteiger partial charge on any atom is -0.497 e. The van der Waals surface area contributed by atoms with Crippen LogP contribution >= 0.6 is 11.3 Å². The number of benzene rings is 2. The topological polar surface area (TPSA) is 86.8 Å². The van der Waals surface area contributed by atoms with Crippen LogP contribution in [0.25, 0.3) is 10.6 Å². The van der Waals surface area contributed by atoms with Crippen molar-refractivity contribution in [1.82, 2.24) is 10.3 Å². The van der Waals surface area contributed by atoms with Crippen LogP contribution in [0, 0.1) is 0 Å². The van der Waals surface area contributed by atoms with Crippen molar-refractivity contribution in [1.29, 1.82) is 0 Å². The fourth-order valence-corrected chi connectivity index (χ4v) is 3.35. The van der Waals surface area contributed by atoms with Gasteiger partial charge in [0.25, 0.3) is 5.91 Å². The highest BCUT2D eigenvalue weighted by atomic mass is 32.1. The van der Waals surface area contributed by atoms with Crippen molar-refractivity contribution in [2.75, 3.05) is 13.7 Å². The van der Waals surface area contributed by atoms with E-state index >= 15 is 0 Å². The summed E-state index contributed by atoms with van der Waals surface area (Å²) in [5.74, 6) is -1.22. The third kappa shape index (κ3) is 6.45. The quantitative estimate of drug-likeness (QED) is 0.501. The predicted octanol–water partition coefficient (Wildman–Crippen LogP) is 4.19. The highest BCUT2D eigenvalue weighted by Crippen LogP contribution is 2.27. The van der Waals surface area contributed by atoms with E-state index < -0.39 is 30.6 Å².